The minimum atomic E-state index is -0.190. The third kappa shape index (κ3) is 2.65. The first-order valence-electron chi connectivity index (χ1n) is 2.80. The van der Waals surface area contributed by atoms with Gasteiger partial charge in [-0.3, -0.25) is 4.79 Å². The average molecular weight is 200 g/mol. The van der Waals surface area contributed by atoms with Gasteiger partial charge in [0, 0.05) is 12.3 Å². The van der Waals surface area contributed by atoms with Crippen molar-refractivity contribution in [3.8, 4) is 0 Å². The van der Waals surface area contributed by atoms with Crippen molar-refractivity contribution in [2.24, 2.45) is 16.8 Å². The molecule has 0 bridgehead atoms. The Morgan fingerprint density at radius 2 is 2.18 bits per heavy atom. The highest BCUT2D eigenvalue weighted by Gasteiger charge is 2.24. The lowest BCUT2D eigenvalue weighted by Crippen LogP contribution is -2.29. The van der Waals surface area contributed by atoms with E-state index in [0.717, 1.165) is 5.71 Å². The van der Waals surface area contributed by atoms with E-state index >= 15 is 0 Å². The van der Waals surface area contributed by atoms with Gasteiger partial charge in [0.2, 0.25) is 5.91 Å². The summed E-state index contributed by atoms with van der Waals surface area (Å²) in [7, 11) is 0. The van der Waals surface area contributed by atoms with E-state index in [1.165, 1.54) is 0 Å². The molecule has 1 atom stereocenters. The molecule has 1 amide bonds. The van der Waals surface area contributed by atoms with Gasteiger partial charge in [0.25, 0.3) is 0 Å². The van der Waals surface area contributed by atoms with E-state index in [4.69, 9.17) is 5.73 Å². The van der Waals surface area contributed by atoms with Crippen molar-refractivity contribution in [1.29, 1.82) is 0 Å². The molecular weight excluding hydrogens is 189 g/mol. The molecular formula is C5H11Cl2N3O. The van der Waals surface area contributed by atoms with Crippen LogP contribution in [0.2, 0.25) is 0 Å². The molecule has 1 unspecified atom stereocenters. The number of amides is 1. The number of hydrogen-bond acceptors (Lipinski definition) is 3. The van der Waals surface area contributed by atoms with Crippen molar-refractivity contribution >= 4 is 36.4 Å². The summed E-state index contributed by atoms with van der Waals surface area (Å²) in [5.41, 5.74) is 8.39. The van der Waals surface area contributed by atoms with E-state index < -0.39 is 0 Å². The fourth-order valence-electron chi connectivity index (χ4n) is 0.766. The summed E-state index contributed by atoms with van der Waals surface area (Å²) in [6.45, 7) is 2.14. The van der Waals surface area contributed by atoms with Gasteiger partial charge in [-0.15, -0.1) is 24.8 Å². The van der Waals surface area contributed by atoms with Crippen LogP contribution in [0.25, 0.3) is 0 Å². The number of carbonyl (C=O) groups excluding carboxylic acids is 1. The van der Waals surface area contributed by atoms with Gasteiger partial charge in [-0.25, -0.2) is 5.43 Å². The Kier molecular flexibility index (Phi) is 6.46. The smallest absolute Gasteiger partial charge is 0.250 e. The number of rotatable bonds is 1. The summed E-state index contributed by atoms with van der Waals surface area (Å²) in [5, 5.41) is 3.71. The minimum absolute atomic E-state index is 0. The molecule has 3 N–H and O–H groups in total. The van der Waals surface area contributed by atoms with E-state index in [0.29, 0.717) is 6.54 Å². The number of nitrogens with two attached hydrogens (primary N) is 1. The van der Waals surface area contributed by atoms with Gasteiger partial charge in [0.1, 0.15) is 0 Å². The zero-order valence-electron chi connectivity index (χ0n) is 6.03. The van der Waals surface area contributed by atoms with Gasteiger partial charge in [-0.2, -0.15) is 5.10 Å². The number of halogens is 2. The van der Waals surface area contributed by atoms with Crippen molar-refractivity contribution in [3.63, 3.8) is 0 Å². The molecule has 1 aliphatic rings. The summed E-state index contributed by atoms with van der Waals surface area (Å²) < 4.78 is 0. The molecule has 66 valence electrons. The SMILES string of the molecule is CC1=NNC(=O)C1CN.Cl.Cl. The van der Waals surface area contributed by atoms with Crippen molar-refractivity contribution in [2.45, 2.75) is 6.92 Å². The number of nitrogens with one attached hydrogen (secondary N) is 1. The molecule has 0 fully saturated rings. The van der Waals surface area contributed by atoms with E-state index in [2.05, 4.69) is 10.5 Å². The van der Waals surface area contributed by atoms with Crippen LogP contribution in [0.1, 0.15) is 6.92 Å². The second kappa shape index (κ2) is 5.35. The third-order valence-corrected chi connectivity index (χ3v) is 1.40. The topological polar surface area (TPSA) is 67.5 Å². The lowest BCUT2D eigenvalue weighted by atomic mass is 10.1. The molecule has 0 spiro atoms. The highest BCUT2D eigenvalue weighted by Crippen LogP contribution is 2.03. The van der Waals surface area contributed by atoms with Gasteiger partial charge in [0.05, 0.1) is 5.92 Å². The first-order valence-corrected chi connectivity index (χ1v) is 2.80. The largest absolute Gasteiger partial charge is 0.329 e. The Morgan fingerprint density at radius 1 is 1.64 bits per heavy atom. The first-order chi connectivity index (χ1) is 4.25. The molecule has 0 aliphatic carbocycles. The van der Waals surface area contributed by atoms with Crippen molar-refractivity contribution in [1.82, 2.24) is 5.43 Å². The van der Waals surface area contributed by atoms with E-state index in [-0.39, 0.29) is 36.6 Å². The van der Waals surface area contributed by atoms with Crippen molar-refractivity contribution in [3.05, 3.63) is 0 Å². The van der Waals surface area contributed by atoms with E-state index in [1.54, 1.807) is 6.92 Å². The Hall–Kier alpha value is -0.320. The maximum absolute atomic E-state index is 10.7. The van der Waals surface area contributed by atoms with Crippen LogP contribution in [-0.4, -0.2) is 18.2 Å². The van der Waals surface area contributed by atoms with Gasteiger partial charge in [-0.05, 0) is 6.92 Å². The summed E-state index contributed by atoms with van der Waals surface area (Å²) in [5.74, 6) is -0.278. The Balaban J connectivity index is 0. The molecule has 1 heterocycles. The quantitative estimate of drug-likeness (QED) is 0.621. The van der Waals surface area contributed by atoms with Crippen LogP contribution in [0, 0.1) is 5.92 Å². The Bertz CT molecular complexity index is 171. The molecule has 4 nitrogen and oxygen atoms in total. The molecule has 0 saturated carbocycles. The highest BCUT2D eigenvalue weighted by molar-refractivity contribution is 6.07. The van der Waals surface area contributed by atoms with Crippen LogP contribution < -0.4 is 11.2 Å². The van der Waals surface area contributed by atoms with Crippen molar-refractivity contribution < 1.29 is 4.79 Å². The van der Waals surface area contributed by atoms with Crippen LogP contribution in [0.4, 0.5) is 0 Å². The van der Waals surface area contributed by atoms with Crippen LogP contribution >= 0.6 is 24.8 Å². The highest BCUT2D eigenvalue weighted by atomic mass is 35.5. The van der Waals surface area contributed by atoms with E-state index in [1.807, 2.05) is 0 Å². The molecule has 0 aromatic rings. The predicted octanol–water partition coefficient (Wildman–Crippen LogP) is -0.0894. The van der Waals surface area contributed by atoms with Crippen LogP contribution in [-0.2, 0) is 4.79 Å². The number of hydrazone groups is 1. The first kappa shape index (κ1) is 13.3. The minimum Gasteiger partial charge on any atom is -0.329 e. The summed E-state index contributed by atoms with van der Waals surface area (Å²) in [4.78, 5) is 10.7. The predicted molar refractivity (Wildman–Crippen MR) is 48.3 cm³/mol. The summed E-state index contributed by atoms with van der Waals surface area (Å²) in [6.07, 6.45) is 0. The average Bonchev–Trinajstić information content (AvgIpc) is 2.12. The second-order valence-electron chi connectivity index (χ2n) is 2.02. The Labute approximate surface area is 77.4 Å². The lowest BCUT2D eigenvalue weighted by molar-refractivity contribution is -0.121. The van der Waals surface area contributed by atoms with Gasteiger partial charge in [-0.1, -0.05) is 0 Å². The van der Waals surface area contributed by atoms with Crippen LogP contribution in [0.15, 0.2) is 5.10 Å². The van der Waals surface area contributed by atoms with Gasteiger partial charge >= 0.3 is 0 Å². The number of carbonyl (C=O) groups is 1. The lowest BCUT2D eigenvalue weighted by Gasteiger charge is -1.99. The zero-order valence-corrected chi connectivity index (χ0v) is 7.67. The summed E-state index contributed by atoms with van der Waals surface area (Å²) in [6, 6.07) is 0. The number of nitrogens with zero attached hydrogens (tertiary/aromatic N) is 1. The fraction of sp³-hybridized carbons (Fsp3) is 0.600. The van der Waals surface area contributed by atoms with Gasteiger partial charge in [0.15, 0.2) is 0 Å². The second-order valence-corrected chi connectivity index (χ2v) is 2.02. The van der Waals surface area contributed by atoms with Crippen LogP contribution in [0.5, 0.6) is 0 Å². The van der Waals surface area contributed by atoms with Gasteiger partial charge < -0.3 is 5.73 Å². The molecule has 0 saturated heterocycles. The standard InChI is InChI=1S/C5H9N3O.2ClH/c1-3-4(2-6)5(9)8-7-3;;/h4H,2,6H2,1H3,(H,8,9);2*1H. The molecule has 6 heteroatoms. The molecule has 1 rings (SSSR count). The maximum atomic E-state index is 10.7. The molecule has 11 heavy (non-hydrogen) atoms. The Morgan fingerprint density at radius 3 is 2.36 bits per heavy atom. The normalized spacial score (nSPS) is 21.1. The van der Waals surface area contributed by atoms with E-state index in [9.17, 15) is 4.79 Å². The number of hydrogen-bond donors (Lipinski definition) is 2. The zero-order chi connectivity index (χ0) is 6.85. The third-order valence-electron chi connectivity index (χ3n) is 1.40. The maximum Gasteiger partial charge on any atom is 0.250 e. The van der Waals surface area contributed by atoms with Crippen LogP contribution in [0.3, 0.4) is 0 Å². The molecule has 0 aromatic heterocycles. The monoisotopic (exact) mass is 199 g/mol. The van der Waals surface area contributed by atoms with Crippen molar-refractivity contribution in [2.75, 3.05) is 6.54 Å². The molecule has 1 aliphatic heterocycles. The summed E-state index contributed by atoms with van der Waals surface area (Å²) >= 11 is 0. The fourth-order valence-corrected chi connectivity index (χ4v) is 0.766. The molecule has 0 radical (unpaired) electrons. The molecule has 0 aromatic carbocycles.